The molecule has 5 nitrogen and oxygen atoms in total. The molecule has 1 atom stereocenters. The number of anilines is 1. The van der Waals surface area contributed by atoms with Gasteiger partial charge in [-0.05, 0) is 50.8 Å². The van der Waals surface area contributed by atoms with Crippen molar-refractivity contribution in [2.45, 2.75) is 32.7 Å². The van der Waals surface area contributed by atoms with Crippen molar-refractivity contribution in [1.82, 2.24) is 5.32 Å². The third-order valence-corrected chi connectivity index (χ3v) is 3.93. The van der Waals surface area contributed by atoms with Gasteiger partial charge in [-0.3, -0.25) is 4.79 Å². The highest BCUT2D eigenvalue weighted by Gasteiger charge is 2.29. The molecule has 1 aromatic rings. The van der Waals surface area contributed by atoms with Gasteiger partial charge in [0.2, 0.25) is 5.91 Å². The molecule has 0 radical (unpaired) electrons. The molecule has 1 aliphatic carbocycles. The zero-order chi connectivity index (χ0) is 16.1. The molecule has 0 aliphatic heterocycles. The van der Waals surface area contributed by atoms with Gasteiger partial charge in [-0.15, -0.1) is 0 Å². The van der Waals surface area contributed by atoms with Crippen LogP contribution in [-0.2, 0) is 4.79 Å². The molecule has 0 bridgehead atoms. The van der Waals surface area contributed by atoms with E-state index in [9.17, 15) is 10.1 Å². The van der Waals surface area contributed by atoms with E-state index in [1.165, 1.54) is 12.8 Å². The molecule has 0 aromatic heterocycles. The van der Waals surface area contributed by atoms with E-state index in [1.807, 2.05) is 30.9 Å². The van der Waals surface area contributed by atoms with Crippen LogP contribution >= 0.6 is 0 Å². The van der Waals surface area contributed by atoms with Crippen LogP contribution in [0.1, 0.15) is 37.8 Å². The van der Waals surface area contributed by atoms with Crippen LogP contribution in [0.15, 0.2) is 18.2 Å². The topological polar surface area (TPSA) is 79.9 Å². The molecule has 114 valence electrons. The van der Waals surface area contributed by atoms with Gasteiger partial charge in [0.15, 0.2) is 0 Å². The monoisotopic (exact) mass is 296 g/mol. The fourth-order valence-electron chi connectivity index (χ4n) is 2.43. The van der Waals surface area contributed by atoms with E-state index in [-0.39, 0.29) is 11.9 Å². The fourth-order valence-corrected chi connectivity index (χ4v) is 2.43. The summed E-state index contributed by atoms with van der Waals surface area (Å²) < 4.78 is 0. The van der Waals surface area contributed by atoms with Crippen molar-refractivity contribution in [3.8, 4) is 12.1 Å². The first-order chi connectivity index (χ1) is 10.6. The Morgan fingerprint density at radius 1 is 1.36 bits per heavy atom. The predicted octanol–water partition coefficient (Wildman–Crippen LogP) is 2.17. The van der Waals surface area contributed by atoms with Crippen molar-refractivity contribution in [1.29, 1.82) is 10.5 Å². The average Bonchev–Trinajstić information content (AvgIpc) is 3.35. The maximum Gasteiger partial charge on any atom is 0.242 e. The molecule has 1 aliphatic rings. The summed E-state index contributed by atoms with van der Waals surface area (Å²) in [6, 6.07) is 8.94. The number of hydrogen-bond acceptors (Lipinski definition) is 4. The van der Waals surface area contributed by atoms with Crippen LogP contribution in [-0.4, -0.2) is 25.0 Å². The quantitative estimate of drug-likeness (QED) is 0.872. The molecule has 0 saturated heterocycles. The maximum absolute atomic E-state index is 12.2. The molecule has 0 spiro atoms. The Kier molecular flexibility index (Phi) is 5.01. The van der Waals surface area contributed by atoms with Gasteiger partial charge in [0.25, 0.3) is 0 Å². The highest BCUT2D eigenvalue weighted by molar-refractivity contribution is 5.85. The summed E-state index contributed by atoms with van der Waals surface area (Å²) in [5.41, 5.74) is 1.54. The predicted molar refractivity (Wildman–Crippen MR) is 84.1 cm³/mol. The summed E-state index contributed by atoms with van der Waals surface area (Å²) >= 11 is 0. The van der Waals surface area contributed by atoms with E-state index >= 15 is 0 Å². The van der Waals surface area contributed by atoms with Crippen LogP contribution in [0, 0.1) is 28.6 Å². The lowest BCUT2D eigenvalue weighted by molar-refractivity contribution is -0.121. The zero-order valence-electron chi connectivity index (χ0n) is 13.0. The lowest BCUT2D eigenvalue weighted by Crippen LogP contribution is -2.46. The van der Waals surface area contributed by atoms with E-state index in [0.717, 1.165) is 12.2 Å². The first-order valence-electron chi connectivity index (χ1n) is 7.59. The molecule has 22 heavy (non-hydrogen) atoms. The van der Waals surface area contributed by atoms with Gasteiger partial charge >= 0.3 is 0 Å². The molecular formula is C17H20N4O. The van der Waals surface area contributed by atoms with Gasteiger partial charge in [0, 0.05) is 18.8 Å². The molecule has 1 amide bonds. The second-order valence-corrected chi connectivity index (χ2v) is 5.62. The highest BCUT2D eigenvalue weighted by Crippen LogP contribution is 2.33. The minimum Gasteiger partial charge on any atom is -0.359 e. The van der Waals surface area contributed by atoms with Crippen molar-refractivity contribution in [2.24, 2.45) is 5.92 Å². The number of nitrogens with zero attached hydrogens (tertiary/aromatic N) is 3. The number of likely N-dealkylation sites (N-methyl/N-ethyl adjacent to an activating group) is 1. The van der Waals surface area contributed by atoms with E-state index in [2.05, 4.69) is 11.4 Å². The van der Waals surface area contributed by atoms with Crippen LogP contribution in [0.3, 0.4) is 0 Å². The smallest absolute Gasteiger partial charge is 0.242 e. The van der Waals surface area contributed by atoms with E-state index < -0.39 is 0 Å². The average molecular weight is 296 g/mol. The molecule has 1 N–H and O–H groups in total. The Morgan fingerprint density at radius 3 is 2.59 bits per heavy atom. The van der Waals surface area contributed by atoms with Crippen LogP contribution in [0.4, 0.5) is 5.69 Å². The highest BCUT2D eigenvalue weighted by atomic mass is 16.2. The number of hydrogen-bond donors (Lipinski definition) is 1. The number of nitrogens with one attached hydrogen (secondary N) is 1. The lowest BCUT2D eigenvalue weighted by Gasteiger charge is -2.30. The molecule has 5 heteroatoms. The Balaban J connectivity index is 2.31. The van der Waals surface area contributed by atoms with E-state index in [4.69, 9.17) is 5.26 Å². The second-order valence-electron chi connectivity index (χ2n) is 5.62. The Morgan fingerprint density at radius 2 is 2.05 bits per heavy atom. The van der Waals surface area contributed by atoms with Gasteiger partial charge in [0.1, 0.15) is 18.2 Å². The van der Waals surface area contributed by atoms with Crippen molar-refractivity contribution in [3.05, 3.63) is 29.3 Å². The molecule has 1 unspecified atom stereocenters. The van der Waals surface area contributed by atoms with E-state index in [1.54, 1.807) is 12.1 Å². The molecule has 2 rings (SSSR count). The first-order valence-corrected chi connectivity index (χ1v) is 7.59. The molecular weight excluding hydrogens is 276 g/mol. The molecule has 1 fully saturated rings. The number of benzene rings is 1. The Labute approximate surface area is 131 Å². The van der Waals surface area contributed by atoms with Gasteiger partial charge in [-0.25, -0.2) is 0 Å². The SMILES string of the molecule is CCNC(=O)C(C)N(CC1CC1)c1ccc(C#N)c(C#N)c1. The van der Waals surface area contributed by atoms with Crippen LogP contribution < -0.4 is 10.2 Å². The fraction of sp³-hybridized carbons (Fsp3) is 0.471. The van der Waals surface area contributed by atoms with Gasteiger partial charge in [0.05, 0.1) is 11.1 Å². The van der Waals surface area contributed by atoms with Crippen molar-refractivity contribution >= 4 is 11.6 Å². The molecule has 0 heterocycles. The maximum atomic E-state index is 12.2. The standard InChI is InChI=1S/C17H20N4O/c1-3-20-17(22)12(2)21(11-13-4-5-13)16-7-6-14(9-18)15(8-16)10-19/h6-8,12-13H,3-5,11H2,1-2H3,(H,20,22). The minimum atomic E-state index is -0.306. The van der Waals surface area contributed by atoms with Gasteiger partial charge in [-0.2, -0.15) is 10.5 Å². The largest absolute Gasteiger partial charge is 0.359 e. The summed E-state index contributed by atoms with van der Waals surface area (Å²) in [4.78, 5) is 14.2. The third kappa shape index (κ3) is 3.56. The summed E-state index contributed by atoms with van der Waals surface area (Å²) in [7, 11) is 0. The first kappa shape index (κ1) is 15.9. The zero-order valence-corrected chi connectivity index (χ0v) is 13.0. The van der Waals surface area contributed by atoms with Crippen molar-refractivity contribution < 1.29 is 4.79 Å². The van der Waals surface area contributed by atoms with Crippen LogP contribution in [0.5, 0.6) is 0 Å². The van der Waals surface area contributed by atoms with Crippen molar-refractivity contribution in [2.75, 3.05) is 18.0 Å². The van der Waals surface area contributed by atoms with Crippen LogP contribution in [0.25, 0.3) is 0 Å². The normalized spacial score (nSPS) is 14.5. The summed E-state index contributed by atoms with van der Waals surface area (Å²) in [5.74, 6) is 0.587. The number of carbonyl (C=O) groups excluding carboxylic acids is 1. The molecule has 1 aromatic carbocycles. The minimum absolute atomic E-state index is 0.0222. The van der Waals surface area contributed by atoms with Crippen LogP contribution in [0.2, 0.25) is 0 Å². The number of rotatable bonds is 6. The Hall–Kier alpha value is -2.53. The van der Waals surface area contributed by atoms with E-state index in [0.29, 0.717) is 23.6 Å². The van der Waals surface area contributed by atoms with Crippen molar-refractivity contribution in [3.63, 3.8) is 0 Å². The number of nitriles is 2. The third-order valence-electron chi connectivity index (χ3n) is 3.93. The summed E-state index contributed by atoms with van der Waals surface area (Å²) in [5, 5.41) is 21.0. The number of amides is 1. The lowest BCUT2D eigenvalue weighted by atomic mass is 10.1. The second kappa shape index (κ2) is 6.95. The summed E-state index contributed by atoms with van der Waals surface area (Å²) in [6.07, 6.45) is 2.36. The van der Waals surface area contributed by atoms with Gasteiger partial charge in [-0.1, -0.05) is 0 Å². The van der Waals surface area contributed by atoms with Gasteiger partial charge < -0.3 is 10.2 Å². The Bertz CT molecular complexity index is 637. The molecule has 1 saturated carbocycles. The number of carbonyl (C=O) groups is 1. The summed E-state index contributed by atoms with van der Waals surface area (Å²) in [6.45, 7) is 5.16.